The van der Waals surface area contributed by atoms with Crippen molar-refractivity contribution in [3.05, 3.63) is 33.3 Å². The molecule has 1 aromatic carbocycles. The van der Waals surface area contributed by atoms with Crippen molar-refractivity contribution in [3.8, 4) is 0 Å². The molecule has 0 bridgehead atoms. The van der Waals surface area contributed by atoms with Crippen molar-refractivity contribution < 1.29 is 9.59 Å². The summed E-state index contributed by atoms with van der Waals surface area (Å²) >= 11 is 9.49. The number of piperidine rings is 1. The van der Waals surface area contributed by atoms with Crippen LogP contribution in [0.5, 0.6) is 0 Å². The minimum absolute atomic E-state index is 0.121. The Balaban J connectivity index is 2.30. The molecule has 1 heterocycles. The average Bonchev–Trinajstić information content (AvgIpc) is 2.48. The van der Waals surface area contributed by atoms with Crippen LogP contribution in [0.3, 0.4) is 0 Å². The molecule has 4 nitrogen and oxygen atoms in total. The summed E-state index contributed by atoms with van der Waals surface area (Å²) in [7, 11) is 1.59. The van der Waals surface area contributed by atoms with Gasteiger partial charge >= 0.3 is 0 Å². The Hall–Kier alpha value is -1.07. The van der Waals surface area contributed by atoms with Crippen LogP contribution in [0.25, 0.3) is 0 Å². The molecule has 0 aliphatic carbocycles. The lowest BCUT2D eigenvalue weighted by Crippen LogP contribution is -2.51. The van der Waals surface area contributed by atoms with E-state index in [0.717, 1.165) is 12.8 Å². The maximum atomic E-state index is 12.6. The summed E-state index contributed by atoms with van der Waals surface area (Å²) in [6.07, 6.45) is 2.55. The molecule has 0 spiro atoms. The van der Waals surface area contributed by atoms with E-state index in [1.807, 2.05) is 0 Å². The molecule has 1 aliphatic rings. The molecule has 20 heavy (non-hydrogen) atoms. The first-order chi connectivity index (χ1) is 9.56. The van der Waals surface area contributed by atoms with Crippen LogP contribution in [0.15, 0.2) is 22.7 Å². The number of nitrogens with one attached hydrogen (secondary N) is 1. The number of carbonyl (C=O) groups is 2. The van der Waals surface area contributed by atoms with Crippen molar-refractivity contribution in [2.45, 2.75) is 25.3 Å². The fraction of sp³-hybridized carbons (Fsp3) is 0.429. The SMILES string of the molecule is CNC(=O)C1CCCCN1C(=O)c1cccc(Br)c1Cl. The van der Waals surface area contributed by atoms with Crippen LogP contribution >= 0.6 is 27.5 Å². The zero-order chi connectivity index (χ0) is 14.7. The van der Waals surface area contributed by atoms with E-state index in [0.29, 0.717) is 28.0 Å². The van der Waals surface area contributed by atoms with Gasteiger partial charge in [-0.1, -0.05) is 17.7 Å². The molecule has 1 N–H and O–H groups in total. The summed E-state index contributed by atoms with van der Waals surface area (Å²) in [6.45, 7) is 0.583. The van der Waals surface area contributed by atoms with Gasteiger partial charge in [0.15, 0.2) is 0 Å². The highest BCUT2D eigenvalue weighted by Gasteiger charge is 2.32. The minimum Gasteiger partial charge on any atom is -0.357 e. The molecule has 108 valence electrons. The van der Waals surface area contributed by atoms with Gasteiger partial charge < -0.3 is 10.2 Å². The third-order valence-electron chi connectivity index (χ3n) is 3.49. The van der Waals surface area contributed by atoms with Crippen LogP contribution in [0, 0.1) is 0 Å². The molecule has 1 unspecified atom stereocenters. The number of likely N-dealkylation sites (tertiary alicyclic amines) is 1. The molecule has 0 radical (unpaired) electrons. The second-order valence-electron chi connectivity index (χ2n) is 4.73. The Labute approximate surface area is 131 Å². The minimum atomic E-state index is -0.406. The fourth-order valence-electron chi connectivity index (χ4n) is 2.44. The number of nitrogens with zero attached hydrogens (tertiary/aromatic N) is 1. The molecule has 2 rings (SSSR count). The second kappa shape index (κ2) is 6.59. The van der Waals surface area contributed by atoms with Crippen LogP contribution in [0.2, 0.25) is 5.02 Å². The Kier molecular flexibility index (Phi) is 5.05. The van der Waals surface area contributed by atoms with Crippen LogP contribution in [-0.4, -0.2) is 36.3 Å². The average molecular weight is 360 g/mol. The highest BCUT2D eigenvalue weighted by Crippen LogP contribution is 2.29. The lowest BCUT2D eigenvalue weighted by molar-refractivity contribution is -0.126. The summed E-state index contributed by atoms with van der Waals surface area (Å²) in [5.74, 6) is -0.311. The number of halogens is 2. The van der Waals surface area contributed by atoms with Crippen LogP contribution in [0.1, 0.15) is 29.6 Å². The summed E-state index contributed by atoms with van der Waals surface area (Å²) in [6, 6.07) is 4.83. The molecule has 1 fully saturated rings. The molecule has 1 saturated heterocycles. The largest absolute Gasteiger partial charge is 0.357 e. The van der Waals surface area contributed by atoms with Gasteiger partial charge in [0.1, 0.15) is 6.04 Å². The van der Waals surface area contributed by atoms with E-state index in [1.165, 1.54) is 0 Å². The summed E-state index contributed by atoms with van der Waals surface area (Å²) in [5.41, 5.74) is 0.428. The zero-order valence-electron chi connectivity index (χ0n) is 11.2. The molecular formula is C14H16BrClN2O2. The van der Waals surface area contributed by atoms with E-state index in [4.69, 9.17) is 11.6 Å². The standard InChI is InChI=1S/C14H16BrClN2O2/c1-17-13(19)11-7-2-3-8-18(11)14(20)9-5-4-6-10(15)12(9)16/h4-6,11H,2-3,7-8H2,1H3,(H,17,19). The number of rotatable bonds is 2. The lowest BCUT2D eigenvalue weighted by atomic mass is 10.00. The topological polar surface area (TPSA) is 49.4 Å². The van der Waals surface area contributed by atoms with E-state index in [2.05, 4.69) is 21.2 Å². The third-order valence-corrected chi connectivity index (χ3v) is 4.79. The maximum Gasteiger partial charge on any atom is 0.256 e. The second-order valence-corrected chi connectivity index (χ2v) is 5.96. The van der Waals surface area contributed by atoms with Gasteiger partial charge in [0.25, 0.3) is 5.91 Å². The molecule has 2 amide bonds. The molecule has 0 saturated carbocycles. The summed E-state index contributed by atoms with van der Waals surface area (Å²) < 4.78 is 0.679. The summed E-state index contributed by atoms with van der Waals surface area (Å²) in [4.78, 5) is 26.2. The Morgan fingerprint density at radius 3 is 2.85 bits per heavy atom. The monoisotopic (exact) mass is 358 g/mol. The van der Waals surface area contributed by atoms with Crippen LogP contribution in [0.4, 0.5) is 0 Å². The number of hydrogen-bond donors (Lipinski definition) is 1. The molecule has 6 heteroatoms. The van der Waals surface area contributed by atoms with Crippen molar-refractivity contribution >= 4 is 39.3 Å². The predicted molar refractivity (Wildman–Crippen MR) is 81.9 cm³/mol. The lowest BCUT2D eigenvalue weighted by Gasteiger charge is -2.34. The number of hydrogen-bond acceptors (Lipinski definition) is 2. The Bertz CT molecular complexity index is 536. The number of benzene rings is 1. The van der Waals surface area contributed by atoms with Gasteiger partial charge in [0.05, 0.1) is 10.6 Å². The van der Waals surface area contributed by atoms with Gasteiger partial charge in [-0.2, -0.15) is 0 Å². The third kappa shape index (κ3) is 2.99. The molecule has 0 aromatic heterocycles. The predicted octanol–water partition coefficient (Wildman–Crippen LogP) is 2.84. The van der Waals surface area contributed by atoms with Gasteiger partial charge in [-0.05, 0) is 47.3 Å². The van der Waals surface area contributed by atoms with E-state index in [-0.39, 0.29) is 11.8 Å². The number of amides is 2. The van der Waals surface area contributed by atoms with Crippen molar-refractivity contribution in [1.82, 2.24) is 10.2 Å². The Morgan fingerprint density at radius 1 is 1.40 bits per heavy atom. The van der Waals surface area contributed by atoms with Gasteiger partial charge in [-0.25, -0.2) is 0 Å². The van der Waals surface area contributed by atoms with Crippen molar-refractivity contribution in [1.29, 1.82) is 0 Å². The van der Waals surface area contributed by atoms with Crippen molar-refractivity contribution in [3.63, 3.8) is 0 Å². The molecule has 1 aromatic rings. The number of carbonyl (C=O) groups excluding carboxylic acids is 2. The quantitative estimate of drug-likeness (QED) is 0.883. The van der Waals surface area contributed by atoms with Crippen LogP contribution < -0.4 is 5.32 Å². The number of likely N-dealkylation sites (N-methyl/N-ethyl adjacent to an activating group) is 1. The van der Waals surface area contributed by atoms with Crippen molar-refractivity contribution in [2.75, 3.05) is 13.6 Å². The summed E-state index contributed by atoms with van der Waals surface area (Å²) in [5, 5.41) is 3.01. The first-order valence-electron chi connectivity index (χ1n) is 6.53. The van der Waals surface area contributed by atoms with Crippen LogP contribution in [-0.2, 0) is 4.79 Å². The first-order valence-corrected chi connectivity index (χ1v) is 7.70. The van der Waals surface area contributed by atoms with E-state index in [1.54, 1.807) is 30.1 Å². The van der Waals surface area contributed by atoms with Gasteiger partial charge in [0, 0.05) is 18.1 Å². The van der Waals surface area contributed by atoms with Gasteiger partial charge in [-0.15, -0.1) is 0 Å². The van der Waals surface area contributed by atoms with E-state index >= 15 is 0 Å². The van der Waals surface area contributed by atoms with Gasteiger partial charge in [-0.3, -0.25) is 9.59 Å². The van der Waals surface area contributed by atoms with Crippen molar-refractivity contribution in [2.24, 2.45) is 0 Å². The molecule has 1 atom stereocenters. The fourth-order valence-corrected chi connectivity index (χ4v) is 3.01. The maximum absolute atomic E-state index is 12.6. The normalized spacial score (nSPS) is 18.8. The smallest absolute Gasteiger partial charge is 0.256 e. The highest BCUT2D eigenvalue weighted by molar-refractivity contribution is 9.10. The first kappa shape index (κ1) is 15.3. The van der Waals surface area contributed by atoms with Gasteiger partial charge in [0.2, 0.25) is 5.91 Å². The molecular weight excluding hydrogens is 344 g/mol. The Morgan fingerprint density at radius 2 is 2.15 bits per heavy atom. The zero-order valence-corrected chi connectivity index (χ0v) is 13.5. The van der Waals surface area contributed by atoms with E-state index in [9.17, 15) is 9.59 Å². The van der Waals surface area contributed by atoms with E-state index < -0.39 is 6.04 Å². The molecule has 1 aliphatic heterocycles. The highest BCUT2D eigenvalue weighted by atomic mass is 79.9.